The van der Waals surface area contributed by atoms with Crippen LogP contribution in [0.3, 0.4) is 0 Å². The van der Waals surface area contributed by atoms with Gasteiger partial charge in [-0.3, -0.25) is 9.59 Å². The molecule has 0 aromatic rings. The molecule has 448 valence electrons. The highest BCUT2D eigenvalue weighted by Gasteiger charge is 2.47. The van der Waals surface area contributed by atoms with E-state index in [1.54, 1.807) is 6.08 Å². The Morgan fingerprint density at radius 3 is 1.42 bits per heavy atom. The van der Waals surface area contributed by atoms with Crippen LogP contribution >= 0.6 is 0 Å². The van der Waals surface area contributed by atoms with E-state index in [1.165, 1.54) is 154 Å². The fraction of sp³-hybridized carbons (Fsp3) is 0.818. The maximum atomic E-state index is 13.3. The Balaban J connectivity index is 2.52. The average Bonchev–Trinajstić information content (AvgIpc) is 3.43. The standard InChI is InChI=1S/C66H119NO10/c1-4-7-10-13-16-19-22-23-24-25-26-27-28-29-30-31-32-33-34-35-36-37-39-42-45-48-51-54-61(71)77-64-63(73)62(72)60(55-68)76-66(64)75-56-57(58(69)52-49-46-43-41-38-20-17-14-11-8-5-2)67-65(74)59(70)53-50-47-44-40-21-18-15-12-9-6-3/h15-16,18-19,23-24,26-27,49,52,57-60,62-64,66,68-70,72-73H,4-14,17,20-22,25,28-48,50-51,53-56H2,1-3H3,(H,67,74)/b18-15-,19-16-,24-23-,27-26-,52-49+. The molecule has 11 nitrogen and oxygen atoms in total. The molecular formula is C66H119NO10. The predicted octanol–water partition coefficient (Wildman–Crippen LogP) is 15.4. The van der Waals surface area contributed by atoms with E-state index in [-0.39, 0.29) is 19.4 Å². The van der Waals surface area contributed by atoms with Crippen LogP contribution in [0.15, 0.2) is 60.8 Å². The van der Waals surface area contributed by atoms with Gasteiger partial charge >= 0.3 is 5.97 Å². The van der Waals surface area contributed by atoms with Crippen molar-refractivity contribution in [1.29, 1.82) is 0 Å². The number of aliphatic hydroxyl groups excluding tert-OH is 5. The lowest BCUT2D eigenvalue weighted by molar-refractivity contribution is -0.305. The molecule has 6 N–H and O–H groups in total. The van der Waals surface area contributed by atoms with Crippen molar-refractivity contribution in [2.45, 2.75) is 333 Å². The van der Waals surface area contributed by atoms with Gasteiger partial charge < -0.3 is 45.1 Å². The summed E-state index contributed by atoms with van der Waals surface area (Å²) in [7, 11) is 0. The number of rotatable bonds is 54. The molecule has 1 saturated heterocycles. The lowest BCUT2D eigenvalue weighted by atomic mass is 9.99. The molecule has 1 amide bonds. The maximum absolute atomic E-state index is 13.3. The Labute approximate surface area is 471 Å². The van der Waals surface area contributed by atoms with E-state index in [2.05, 4.69) is 74.7 Å². The number of hydrogen-bond acceptors (Lipinski definition) is 10. The minimum atomic E-state index is -1.61. The molecule has 0 spiro atoms. The molecule has 1 rings (SSSR count). The highest BCUT2D eigenvalue weighted by Crippen LogP contribution is 2.26. The van der Waals surface area contributed by atoms with Gasteiger partial charge in [-0.25, -0.2) is 0 Å². The zero-order valence-corrected chi connectivity index (χ0v) is 49.6. The molecule has 11 heteroatoms. The van der Waals surface area contributed by atoms with Gasteiger partial charge in [0.25, 0.3) is 0 Å². The van der Waals surface area contributed by atoms with Crippen molar-refractivity contribution in [3.63, 3.8) is 0 Å². The zero-order valence-electron chi connectivity index (χ0n) is 49.6. The second-order valence-electron chi connectivity index (χ2n) is 22.1. The predicted molar refractivity (Wildman–Crippen MR) is 320 cm³/mol. The molecule has 1 aliphatic heterocycles. The van der Waals surface area contributed by atoms with E-state index in [9.17, 15) is 35.1 Å². The Morgan fingerprint density at radius 2 is 0.909 bits per heavy atom. The van der Waals surface area contributed by atoms with Crippen molar-refractivity contribution in [2.24, 2.45) is 0 Å². The van der Waals surface area contributed by atoms with Crippen LogP contribution in [0.2, 0.25) is 0 Å². The number of hydrogen-bond donors (Lipinski definition) is 6. The van der Waals surface area contributed by atoms with Crippen LogP contribution in [-0.4, -0.2) is 99.6 Å². The van der Waals surface area contributed by atoms with E-state index in [0.717, 1.165) is 83.5 Å². The molecule has 0 bridgehead atoms. The Hall–Kier alpha value is -2.64. The minimum absolute atomic E-state index is 0.121. The Bertz CT molecular complexity index is 1480. The van der Waals surface area contributed by atoms with E-state index in [0.29, 0.717) is 12.8 Å². The first-order valence-electron chi connectivity index (χ1n) is 32.1. The first-order chi connectivity index (χ1) is 37.7. The van der Waals surface area contributed by atoms with Crippen LogP contribution in [0.5, 0.6) is 0 Å². The number of esters is 1. The highest BCUT2D eigenvalue weighted by molar-refractivity contribution is 5.80. The topological polar surface area (TPSA) is 175 Å². The second kappa shape index (κ2) is 54.0. The third-order valence-corrected chi connectivity index (χ3v) is 14.9. The van der Waals surface area contributed by atoms with E-state index < -0.39 is 67.4 Å². The smallest absolute Gasteiger partial charge is 0.306 e. The van der Waals surface area contributed by atoms with Gasteiger partial charge in [-0.2, -0.15) is 0 Å². The largest absolute Gasteiger partial charge is 0.454 e. The summed E-state index contributed by atoms with van der Waals surface area (Å²) >= 11 is 0. The Morgan fingerprint density at radius 1 is 0.506 bits per heavy atom. The van der Waals surface area contributed by atoms with E-state index in [4.69, 9.17) is 14.2 Å². The number of nitrogens with one attached hydrogen (secondary N) is 1. The third-order valence-electron chi connectivity index (χ3n) is 14.9. The molecule has 77 heavy (non-hydrogen) atoms. The lowest BCUT2D eigenvalue weighted by Crippen LogP contribution is -2.61. The first-order valence-corrected chi connectivity index (χ1v) is 32.1. The lowest BCUT2D eigenvalue weighted by Gasteiger charge is -2.41. The summed E-state index contributed by atoms with van der Waals surface area (Å²) in [6.45, 7) is 5.71. The number of allylic oxidation sites excluding steroid dienone is 9. The van der Waals surface area contributed by atoms with E-state index >= 15 is 0 Å². The molecule has 0 aromatic carbocycles. The summed E-state index contributed by atoms with van der Waals surface area (Å²) in [5.74, 6) is -1.20. The minimum Gasteiger partial charge on any atom is -0.454 e. The highest BCUT2D eigenvalue weighted by atomic mass is 16.7. The molecule has 0 aromatic heterocycles. The quantitative estimate of drug-likeness (QED) is 0.0195. The number of carbonyl (C=O) groups excluding carboxylic acids is 2. The van der Waals surface area contributed by atoms with Gasteiger partial charge in [-0.1, -0.05) is 255 Å². The van der Waals surface area contributed by atoms with Gasteiger partial charge in [-0.15, -0.1) is 0 Å². The summed E-state index contributed by atoms with van der Waals surface area (Å²) in [6, 6.07) is -1.03. The monoisotopic (exact) mass is 1090 g/mol. The van der Waals surface area contributed by atoms with Crippen molar-refractivity contribution >= 4 is 11.9 Å². The molecule has 8 unspecified atom stereocenters. The summed E-state index contributed by atoms with van der Waals surface area (Å²) in [5.41, 5.74) is 0. The van der Waals surface area contributed by atoms with Crippen molar-refractivity contribution < 1.29 is 49.3 Å². The molecule has 0 saturated carbocycles. The van der Waals surface area contributed by atoms with Crippen LogP contribution in [0.25, 0.3) is 0 Å². The van der Waals surface area contributed by atoms with Gasteiger partial charge in [0.1, 0.15) is 24.4 Å². The maximum Gasteiger partial charge on any atom is 0.306 e. The second-order valence-corrected chi connectivity index (χ2v) is 22.1. The summed E-state index contributed by atoms with van der Waals surface area (Å²) in [5, 5.41) is 56.8. The van der Waals surface area contributed by atoms with Gasteiger partial charge in [0.05, 0.1) is 25.4 Å². The first kappa shape index (κ1) is 72.4. The summed E-state index contributed by atoms with van der Waals surface area (Å²) < 4.78 is 17.6. The van der Waals surface area contributed by atoms with Crippen molar-refractivity contribution in [1.82, 2.24) is 5.32 Å². The molecule has 0 radical (unpaired) electrons. The SMILES string of the molecule is CCCC/C=C\CCCCCCC(O)C(=O)NC(COC1OC(CO)C(O)C(O)C1OC(=O)CCCCCCCCCCCCCCCC/C=C\C/C=C\C/C=C\CCCCC)C(O)/C=C/CCCCCCCCCCC. The zero-order chi connectivity index (χ0) is 56.1. The number of ether oxygens (including phenoxy) is 3. The fourth-order valence-electron chi connectivity index (χ4n) is 9.76. The van der Waals surface area contributed by atoms with Crippen molar-refractivity contribution in [3.05, 3.63) is 60.8 Å². The van der Waals surface area contributed by atoms with Crippen LogP contribution in [0.4, 0.5) is 0 Å². The number of amides is 1. The summed E-state index contributed by atoms with van der Waals surface area (Å²) in [4.78, 5) is 26.5. The van der Waals surface area contributed by atoms with Gasteiger partial charge in [0, 0.05) is 6.42 Å². The van der Waals surface area contributed by atoms with Crippen LogP contribution in [-0.2, 0) is 23.8 Å². The molecule has 1 heterocycles. The van der Waals surface area contributed by atoms with Crippen LogP contribution in [0, 0.1) is 0 Å². The number of unbranched alkanes of at least 4 members (excludes halogenated alkanes) is 32. The number of carbonyl (C=O) groups is 2. The van der Waals surface area contributed by atoms with Crippen LogP contribution < -0.4 is 5.32 Å². The summed E-state index contributed by atoms with van der Waals surface area (Å²) in [6.07, 6.45) is 57.1. The average molecular weight is 1090 g/mol. The molecule has 8 atom stereocenters. The molecule has 0 aliphatic carbocycles. The third kappa shape index (κ3) is 42.0. The Kier molecular flexibility index (Phi) is 50.7. The molecule has 1 aliphatic rings. The molecule has 1 fully saturated rings. The molecular weight excluding hydrogens is 967 g/mol. The fourth-order valence-corrected chi connectivity index (χ4v) is 9.76. The number of aliphatic hydroxyl groups is 5. The normalized spacial score (nSPS) is 19.4. The van der Waals surface area contributed by atoms with Crippen molar-refractivity contribution in [2.75, 3.05) is 13.2 Å². The van der Waals surface area contributed by atoms with Gasteiger partial charge in [0.15, 0.2) is 12.4 Å². The van der Waals surface area contributed by atoms with Gasteiger partial charge in [-0.05, 0) is 83.5 Å². The van der Waals surface area contributed by atoms with Gasteiger partial charge in [0.2, 0.25) is 5.91 Å². The van der Waals surface area contributed by atoms with Crippen molar-refractivity contribution in [3.8, 4) is 0 Å². The van der Waals surface area contributed by atoms with E-state index in [1.807, 2.05) is 6.08 Å². The van der Waals surface area contributed by atoms with Crippen LogP contribution in [0.1, 0.15) is 284 Å².